The van der Waals surface area contributed by atoms with Crippen molar-refractivity contribution in [1.29, 1.82) is 0 Å². The highest BCUT2D eigenvalue weighted by molar-refractivity contribution is 5.27. The van der Waals surface area contributed by atoms with Crippen LogP contribution in [-0.2, 0) is 12.8 Å². The fraction of sp³-hybridized carbons (Fsp3) is 0.517. The molecule has 0 aliphatic heterocycles. The lowest BCUT2D eigenvalue weighted by atomic mass is 9.81. The summed E-state index contributed by atoms with van der Waals surface area (Å²) >= 11 is 0. The van der Waals surface area contributed by atoms with Crippen molar-refractivity contribution in [2.45, 2.75) is 91.4 Å². The third-order valence-electron chi connectivity index (χ3n) is 6.10. The monoisotopic (exact) mass is 390 g/mol. The summed E-state index contributed by atoms with van der Waals surface area (Å²) in [6, 6.07) is 24.0. The molecule has 0 radical (unpaired) electrons. The van der Waals surface area contributed by atoms with Gasteiger partial charge in [0.1, 0.15) is 0 Å². The first-order chi connectivity index (χ1) is 14.1. The van der Waals surface area contributed by atoms with Crippen LogP contribution in [0.1, 0.15) is 88.3 Å². The Bertz CT molecular complexity index is 711. The first kappa shape index (κ1) is 23.5. The summed E-state index contributed by atoms with van der Waals surface area (Å²) in [6.07, 6.45) is 14.6. The van der Waals surface area contributed by atoms with E-state index in [4.69, 9.17) is 0 Å². The first-order valence-electron chi connectivity index (χ1n) is 11.8. The summed E-state index contributed by atoms with van der Waals surface area (Å²) in [6.45, 7) is 7.17. The number of hydrogen-bond acceptors (Lipinski definition) is 0. The highest BCUT2D eigenvalue weighted by Gasteiger charge is 2.16. The Labute approximate surface area is 180 Å². The highest BCUT2D eigenvalue weighted by Crippen LogP contribution is 2.31. The van der Waals surface area contributed by atoms with Gasteiger partial charge in [-0.05, 0) is 62.0 Å². The SMILES string of the molecule is Cc1ccccccccccc2c(c1)CCCCCC(C)(C)CCCCCC2. The number of rotatable bonds is 0. The van der Waals surface area contributed by atoms with E-state index in [0.717, 1.165) is 0 Å². The van der Waals surface area contributed by atoms with Crippen LogP contribution >= 0.6 is 0 Å². The van der Waals surface area contributed by atoms with E-state index in [9.17, 15) is 0 Å². The van der Waals surface area contributed by atoms with Crippen LogP contribution in [0.2, 0.25) is 0 Å². The van der Waals surface area contributed by atoms with Crippen LogP contribution in [0.15, 0.2) is 66.7 Å². The molecule has 0 bridgehead atoms. The Kier molecular flexibility index (Phi) is 10.8. The van der Waals surface area contributed by atoms with Crippen molar-refractivity contribution in [2.24, 2.45) is 5.41 Å². The van der Waals surface area contributed by atoms with Crippen LogP contribution in [0.5, 0.6) is 0 Å². The van der Waals surface area contributed by atoms with Gasteiger partial charge in [-0.3, -0.25) is 0 Å². The maximum absolute atomic E-state index is 2.47. The van der Waals surface area contributed by atoms with Gasteiger partial charge in [0.15, 0.2) is 0 Å². The second-order valence-electron chi connectivity index (χ2n) is 9.45. The molecule has 0 atom stereocenters. The predicted octanol–water partition coefficient (Wildman–Crippen LogP) is 8.88. The zero-order chi connectivity index (χ0) is 20.8. The predicted molar refractivity (Wildman–Crippen MR) is 129 cm³/mol. The summed E-state index contributed by atoms with van der Waals surface area (Å²) in [5.74, 6) is 0. The van der Waals surface area contributed by atoms with Crippen molar-refractivity contribution in [1.82, 2.24) is 0 Å². The molecule has 0 fully saturated rings. The Morgan fingerprint density at radius 2 is 1.03 bits per heavy atom. The minimum Gasteiger partial charge on any atom is -0.0623 e. The van der Waals surface area contributed by atoms with Gasteiger partial charge in [0.25, 0.3) is 0 Å². The van der Waals surface area contributed by atoms with Crippen molar-refractivity contribution >= 4 is 0 Å². The van der Waals surface area contributed by atoms with Gasteiger partial charge >= 0.3 is 0 Å². The summed E-state index contributed by atoms with van der Waals surface area (Å²) in [7, 11) is 0. The summed E-state index contributed by atoms with van der Waals surface area (Å²) in [4.78, 5) is 0. The van der Waals surface area contributed by atoms with Gasteiger partial charge < -0.3 is 0 Å². The highest BCUT2D eigenvalue weighted by atomic mass is 14.2. The van der Waals surface area contributed by atoms with E-state index >= 15 is 0 Å². The largest absolute Gasteiger partial charge is 0.0623 e. The number of hydrogen-bond donors (Lipinski definition) is 0. The maximum Gasteiger partial charge on any atom is -0.0276 e. The molecule has 0 spiro atoms. The van der Waals surface area contributed by atoms with E-state index in [1.807, 2.05) is 0 Å². The molecule has 0 saturated carbocycles. The molecule has 1 aliphatic carbocycles. The molecule has 2 rings (SSSR count). The molecular formula is C29H42. The Morgan fingerprint density at radius 1 is 0.552 bits per heavy atom. The molecule has 1 aromatic carbocycles. The van der Waals surface area contributed by atoms with Gasteiger partial charge in [0.2, 0.25) is 0 Å². The van der Waals surface area contributed by atoms with E-state index in [-0.39, 0.29) is 0 Å². The second kappa shape index (κ2) is 13.4. The average Bonchev–Trinajstić information content (AvgIpc) is 2.68. The summed E-state index contributed by atoms with van der Waals surface area (Å²) in [5.41, 5.74) is 4.95. The molecule has 0 aromatic heterocycles. The van der Waals surface area contributed by atoms with E-state index in [1.54, 1.807) is 5.56 Å². The molecule has 0 amide bonds. The summed E-state index contributed by atoms with van der Waals surface area (Å²) < 4.78 is 0. The zero-order valence-electron chi connectivity index (χ0n) is 19.1. The van der Waals surface area contributed by atoms with Gasteiger partial charge in [-0.2, -0.15) is 0 Å². The lowest BCUT2D eigenvalue weighted by Gasteiger charge is -2.25. The molecule has 0 nitrogen and oxygen atoms in total. The fourth-order valence-corrected chi connectivity index (χ4v) is 4.26. The van der Waals surface area contributed by atoms with Gasteiger partial charge in [-0.15, -0.1) is 0 Å². The molecule has 0 N–H and O–H groups in total. The molecule has 0 heteroatoms. The molecule has 0 heterocycles. The Hall–Kier alpha value is -1.82. The fourth-order valence-electron chi connectivity index (χ4n) is 4.26. The normalized spacial score (nSPS) is 17.6. The molecule has 29 heavy (non-hydrogen) atoms. The van der Waals surface area contributed by atoms with Crippen LogP contribution in [0.25, 0.3) is 0 Å². The van der Waals surface area contributed by atoms with Crippen molar-refractivity contribution in [3.63, 3.8) is 0 Å². The second-order valence-corrected chi connectivity index (χ2v) is 9.45. The van der Waals surface area contributed by atoms with Crippen molar-refractivity contribution in [3.05, 3.63) is 83.4 Å². The standard InChI is InChI=1S/C29H42/c1-26-19-13-8-6-4-5-7-9-14-20-27-21-15-10-11-17-23-29(2,3)24-18-12-16-22-28(27)25-26/h4-9,13-14,19-20,25H,10-12,15-18,21-24H2,1-3H3. The van der Waals surface area contributed by atoms with Crippen LogP contribution < -0.4 is 0 Å². The van der Waals surface area contributed by atoms with Crippen molar-refractivity contribution < 1.29 is 0 Å². The van der Waals surface area contributed by atoms with Crippen LogP contribution in [0, 0.1) is 12.3 Å². The summed E-state index contributed by atoms with van der Waals surface area (Å²) in [5, 5.41) is 0. The third kappa shape index (κ3) is 10.5. The van der Waals surface area contributed by atoms with Gasteiger partial charge in [-0.25, -0.2) is 0 Å². The molecule has 1 aromatic rings. The topological polar surface area (TPSA) is 0 Å². The minimum absolute atomic E-state index is 0.525. The first-order valence-corrected chi connectivity index (χ1v) is 11.8. The van der Waals surface area contributed by atoms with Gasteiger partial charge in [0, 0.05) is 0 Å². The zero-order valence-corrected chi connectivity index (χ0v) is 19.1. The lowest BCUT2D eigenvalue weighted by Crippen LogP contribution is -2.11. The number of aryl methyl sites for hydroxylation is 3. The van der Waals surface area contributed by atoms with Crippen molar-refractivity contribution in [2.75, 3.05) is 0 Å². The molecular weight excluding hydrogens is 348 g/mol. The van der Waals surface area contributed by atoms with Gasteiger partial charge in [-0.1, -0.05) is 118 Å². The lowest BCUT2D eigenvalue weighted by molar-refractivity contribution is 0.282. The van der Waals surface area contributed by atoms with E-state index in [0.29, 0.717) is 5.41 Å². The van der Waals surface area contributed by atoms with E-state index in [1.165, 1.54) is 81.8 Å². The van der Waals surface area contributed by atoms with Gasteiger partial charge in [0.05, 0.1) is 0 Å². The van der Waals surface area contributed by atoms with Crippen LogP contribution in [0.3, 0.4) is 0 Å². The number of fused-ring (bicyclic) bond motifs is 1. The third-order valence-corrected chi connectivity index (χ3v) is 6.10. The van der Waals surface area contributed by atoms with E-state index < -0.39 is 0 Å². The van der Waals surface area contributed by atoms with Crippen LogP contribution in [-0.4, -0.2) is 0 Å². The molecule has 158 valence electrons. The van der Waals surface area contributed by atoms with E-state index in [2.05, 4.69) is 87.5 Å². The maximum atomic E-state index is 2.47. The van der Waals surface area contributed by atoms with Crippen molar-refractivity contribution in [3.8, 4) is 0 Å². The quantitative estimate of drug-likeness (QED) is 0.415. The van der Waals surface area contributed by atoms with Crippen LogP contribution in [0.4, 0.5) is 0 Å². The molecule has 0 unspecified atom stereocenters. The molecule has 0 saturated heterocycles. The molecule has 1 aliphatic rings. The average molecular weight is 391 g/mol. The Balaban J connectivity index is 2.35. The minimum atomic E-state index is 0.525. The smallest absolute Gasteiger partial charge is 0.0276 e. The Morgan fingerprint density at radius 3 is 1.69 bits per heavy atom.